The van der Waals surface area contributed by atoms with Gasteiger partial charge in [0.25, 0.3) is 0 Å². The summed E-state index contributed by atoms with van der Waals surface area (Å²) in [5.74, 6) is 0. The summed E-state index contributed by atoms with van der Waals surface area (Å²) in [4.78, 5) is 0. The molecule has 17 heavy (non-hydrogen) atoms. The van der Waals surface area contributed by atoms with Crippen molar-refractivity contribution >= 4 is 0 Å². The fourth-order valence-electron chi connectivity index (χ4n) is 1.36. The molecule has 0 aliphatic heterocycles. The quantitative estimate of drug-likeness (QED) is 0.291. The highest BCUT2D eigenvalue weighted by Gasteiger charge is 2.45. The van der Waals surface area contributed by atoms with Gasteiger partial charge in [-0.15, -0.1) is 0 Å². The molecule has 7 heteroatoms. The molecule has 7 N–H and O–H groups in total. The molecule has 1 radical (unpaired) electrons. The van der Waals surface area contributed by atoms with Crippen LogP contribution in [0.4, 0.5) is 0 Å². The van der Waals surface area contributed by atoms with Gasteiger partial charge in [0, 0.05) is 7.11 Å². The van der Waals surface area contributed by atoms with Gasteiger partial charge < -0.3 is 36.0 Å². The molecule has 0 saturated heterocycles. The van der Waals surface area contributed by atoms with Crippen molar-refractivity contribution in [3.8, 4) is 0 Å². The van der Waals surface area contributed by atoms with Crippen LogP contribution in [0, 0.1) is 6.04 Å². The molecule has 0 unspecified atom stereocenters. The van der Waals surface area contributed by atoms with Gasteiger partial charge in [-0.3, -0.25) is 0 Å². The van der Waals surface area contributed by atoms with Gasteiger partial charge >= 0.3 is 0 Å². The van der Waals surface area contributed by atoms with Crippen molar-refractivity contribution in [2.24, 2.45) is 5.73 Å². The molecule has 0 aromatic heterocycles. The van der Waals surface area contributed by atoms with Crippen LogP contribution >= 0.6 is 0 Å². The molecule has 0 aromatic rings. The van der Waals surface area contributed by atoms with Crippen molar-refractivity contribution in [3.05, 3.63) is 6.04 Å². The Kier molecular flexibility index (Phi) is 6.49. The van der Waals surface area contributed by atoms with Gasteiger partial charge in [0.15, 0.2) is 0 Å². The molecule has 103 valence electrons. The molecule has 0 spiro atoms. The summed E-state index contributed by atoms with van der Waals surface area (Å²) in [6, 6.07) is 0.206. The first kappa shape index (κ1) is 16.7. The molecule has 7 nitrogen and oxygen atoms in total. The lowest BCUT2D eigenvalue weighted by atomic mass is 9.85. The van der Waals surface area contributed by atoms with Crippen LogP contribution < -0.4 is 5.73 Å². The number of aliphatic hydroxyl groups is 5. The fraction of sp³-hybridized carbons (Fsp3) is 0.900. The lowest BCUT2D eigenvalue weighted by molar-refractivity contribution is -0.171. The van der Waals surface area contributed by atoms with E-state index in [4.69, 9.17) is 15.6 Å². The zero-order chi connectivity index (χ0) is 13.8. The van der Waals surface area contributed by atoms with E-state index in [-0.39, 0.29) is 6.04 Å². The molecule has 0 aromatic carbocycles. The third-order valence-corrected chi connectivity index (χ3v) is 3.03. The first-order valence-electron chi connectivity index (χ1n) is 5.20. The van der Waals surface area contributed by atoms with Gasteiger partial charge in [-0.1, -0.05) is 0 Å². The number of nitrogens with two attached hydrogens (primary N) is 1. The van der Waals surface area contributed by atoms with Crippen LogP contribution in [0.3, 0.4) is 0 Å². The number of rotatable bonds is 7. The second kappa shape index (κ2) is 6.60. The summed E-state index contributed by atoms with van der Waals surface area (Å²) < 4.78 is 5.02. The first-order valence-corrected chi connectivity index (χ1v) is 5.20. The minimum Gasteiger partial charge on any atom is -0.394 e. The molecule has 0 amide bonds. The van der Waals surface area contributed by atoms with E-state index in [9.17, 15) is 20.4 Å². The number of hydrogen-bond donors (Lipinski definition) is 6. The van der Waals surface area contributed by atoms with Crippen molar-refractivity contribution in [2.75, 3.05) is 13.7 Å². The summed E-state index contributed by atoms with van der Waals surface area (Å²) in [6.07, 6.45) is -6.52. The van der Waals surface area contributed by atoms with E-state index in [1.54, 1.807) is 0 Å². The van der Waals surface area contributed by atoms with E-state index in [1.807, 2.05) is 0 Å². The maximum atomic E-state index is 9.89. The second-order valence-electron chi connectivity index (χ2n) is 4.17. The lowest BCUT2D eigenvalue weighted by Crippen LogP contribution is -2.58. The first-order chi connectivity index (χ1) is 7.72. The van der Waals surface area contributed by atoms with Gasteiger partial charge in [0.1, 0.15) is 30.0 Å². The van der Waals surface area contributed by atoms with Crippen LogP contribution in [0.5, 0.6) is 0 Å². The Bertz CT molecular complexity index is 227. The zero-order valence-electron chi connectivity index (χ0n) is 10.2. The largest absolute Gasteiger partial charge is 0.394 e. The van der Waals surface area contributed by atoms with Crippen LogP contribution in [-0.2, 0) is 4.74 Å². The van der Waals surface area contributed by atoms with Crippen LogP contribution in [0.2, 0.25) is 0 Å². The summed E-state index contributed by atoms with van der Waals surface area (Å²) in [7, 11) is 1.29. The highest BCUT2D eigenvalue weighted by Crippen LogP contribution is 2.26. The molecule has 0 heterocycles. The average molecular weight is 252 g/mol. The zero-order valence-corrected chi connectivity index (χ0v) is 10.2. The smallest absolute Gasteiger partial charge is 0.113 e. The monoisotopic (exact) mass is 252 g/mol. The highest BCUT2D eigenvalue weighted by atomic mass is 16.5. The van der Waals surface area contributed by atoms with E-state index in [0.717, 1.165) is 0 Å². The molecule has 0 aliphatic rings. The predicted octanol–water partition coefficient (Wildman–Crippen LogP) is -2.66. The van der Waals surface area contributed by atoms with Crippen LogP contribution in [0.25, 0.3) is 0 Å². The summed E-state index contributed by atoms with van der Waals surface area (Å²) >= 11 is 0. The van der Waals surface area contributed by atoms with Gasteiger partial charge in [0.2, 0.25) is 0 Å². The van der Waals surface area contributed by atoms with Gasteiger partial charge in [0.05, 0.1) is 12.6 Å². The van der Waals surface area contributed by atoms with Crippen molar-refractivity contribution in [1.29, 1.82) is 0 Å². The molecule has 0 fully saturated rings. The Morgan fingerprint density at radius 3 is 2.00 bits per heavy atom. The summed E-state index contributed by atoms with van der Waals surface area (Å²) in [5, 5.41) is 46.9. The number of aliphatic hydroxyl groups excluding tert-OH is 5. The Balaban J connectivity index is 4.84. The number of ether oxygens (including phenoxy) is 1. The SMILES string of the molecule is CO[C@@](C)([C](C)N)[C@H](O)[C@H](O)[C@@H](O)[C@H](O)CO. The van der Waals surface area contributed by atoms with E-state index in [1.165, 1.54) is 21.0 Å². The molecule has 0 saturated carbocycles. The molecule has 0 rings (SSSR count). The van der Waals surface area contributed by atoms with Gasteiger partial charge in [-0.2, -0.15) is 0 Å². The predicted molar refractivity (Wildman–Crippen MR) is 59.6 cm³/mol. The highest BCUT2D eigenvalue weighted by molar-refractivity contribution is 5.07. The lowest BCUT2D eigenvalue weighted by Gasteiger charge is -2.39. The minimum absolute atomic E-state index is 0.206. The van der Waals surface area contributed by atoms with E-state index < -0.39 is 36.6 Å². The van der Waals surface area contributed by atoms with Gasteiger partial charge in [-0.05, 0) is 13.8 Å². The third-order valence-electron chi connectivity index (χ3n) is 3.03. The van der Waals surface area contributed by atoms with E-state index in [0.29, 0.717) is 0 Å². The van der Waals surface area contributed by atoms with Crippen LogP contribution in [0.1, 0.15) is 13.8 Å². The Hall–Kier alpha value is -0.280. The minimum atomic E-state index is -1.71. The van der Waals surface area contributed by atoms with Crippen LogP contribution in [-0.4, -0.2) is 69.3 Å². The molecule has 5 atom stereocenters. The maximum Gasteiger partial charge on any atom is 0.113 e. The van der Waals surface area contributed by atoms with Gasteiger partial charge in [-0.25, -0.2) is 0 Å². The summed E-state index contributed by atoms with van der Waals surface area (Å²) in [6.45, 7) is 2.20. The second-order valence-corrected chi connectivity index (χ2v) is 4.17. The number of methoxy groups -OCH3 is 1. The average Bonchev–Trinajstić information content (AvgIpc) is 2.33. The standard InChI is InChI=1S/C10H22NO6/c1-5(11)10(2,17-3)9(16)8(15)7(14)6(13)4-12/h6-9,12-16H,4,11H2,1-3H3/t6-,7+,8-,9-,10+/m1/s1. The molecule has 0 aliphatic carbocycles. The Morgan fingerprint density at radius 2 is 1.71 bits per heavy atom. The third kappa shape index (κ3) is 3.59. The number of hydrogen-bond acceptors (Lipinski definition) is 7. The van der Waals surface area contributed by atoms with Crippen molar-refractivity contribution in [3.63, 3.8) is 0 Å². The van der Waals surface area contributed by atoms with Crippen LogP contribution in [0.15, 0.2) is 0 Å². The van der Waals surface area contributed by atoms with Crippen molar-refractivity contribution in [2.45, 2.75) is 43.9 Å². The fourth-order valence-corrected chi connectivity index (χ4v) is 1.36. The maximum absolute atomic E-state index is 9.89. The Labute approximate surface area is 100 Å². The van der Waals surface area contributed by atoms with Crippen molar-refractivity contribution in [1.82, 2.24) is 0 Å². The topological polar surface area (TPSA) is 136 Å². The van der Waals surface area contributed by atoms with Crippen molar-refractivity contribution < 1.29 is 30.3 Å². The molecular weight excluding hydrogens is 230 g/mol. The normalized spacial score (nSPS) is 22.9. The Morgan fingerprint density at radius 1 is 1.24 bits per heavy atom. The van der Waals surface area contributed by atoms with E-state index in [2.05, 4.69) is 0 Å². The summed E-state index contributed by atoms with van der Waals surface area (Å²) in [5.41, 5.74) is 4.19. The molecular formula is C10H22NO6. The van der Waals surface area contributed by atoms with E-state index >= 15 is 0 Å². The molecule has 0 bridgehead atoms.